The van der Waals surface area contributed by atoms with E-state index in [1.54, 1.807) is 6.07 Å². The molecule has 1 heterocycles. The minimum absolute atomic E-state index is 0. The van der Waals surface area contributed by atoms with Gasteiger partial charge < -0.3 is 15.2 Å². The Balaban J connectivity index is 0.00000480. The second-order valence-electron chi connectivity index (χ2n) is 8.71. The topological polar surface area (TPSA) is 81.3 Å². The third-order valence-corrected chi connectivity index (χ3v) is 6.92. The van der Waals surface area contributed by atoms with Crippen LogP contribution in [0.25, 0.3) is 0 Å². The Morgan fingerprint density at radius 1 is 0.774 bits per heavy atom. The summed E-state index contributed by atoms with van der Waals surface area (Å²) in [6.45, 7) is 2.27. The summed E-state index contributed by atoms with van der Waals surface area (Å²) in [6, 6.07) is 4.78. The van der Waals surface area contributed by atoms with Crippen molar-refractivity contribution in [2.45, 2.75) is 121 Å². The van der Waals surface area contributed by atoms with Gasteiger partial charge in [0, 0.05) is 0 Å². The molecular formula is C24H41N2NaO3S. The zero-order valence-corrected chi connectivity index (χ0v) is 22.6. The van der Waals surface area contributed by atoms with Gasteiger partial charge in [-0.05, 0) is 25.0 Å². The molecule has 0 spiro atoms. The molecule has 1 atom stereocenters. The van der Waals surface area contributed by atoms with Crippen molar-refractivity contribution in [1.82, 2.24) is 0 Å². The number of hydrogen-bond acceptors (Lipinski definition) is 5. The maximum Gasteiger partial charge on any atom is 1.00 e. The maximum absolute atomic E-state index is 11.4. The number of anilines is 2. The van der Waals surface area contributed by atoms with E-state index in [1.165, 1.54) is 96.0 Å². The van der Waals surface area contributed by atoms with Crippen LogP contribution < -0.4 is 40.2 Å². The number of hydrogen-bond donors (Lipinski definition) is 2. The Hall–Kier alpha value is -0.270. The first-order chi connectivity index (χ1) is 14.5. The molecule has 7 heteroatoms. The van der Waals surface area contributed by atoms with E-state index in [2.05, 4.69) is 17.6 Å². The average molecular weight is 461 g/mol. The fraction of sp³-hybridized carbons (Fsp3) is 0.750. The van der Waals surface area contributed by atoms with Crippen molar-refractivity contribution in [3.63, 3.8) is 0 Å². The molecule has 0 fully saturated rings. The van der Waals surface area contributed by atoms with E-state index in [0.29, 0.717) is 11.4 Å². The summed E-state index contributed by atoms with van der Waals surface area (Å²) in [4.78, 5) is -0.161. The standard InChI is InChI=1S/C24H42N2O3S.Na/c1-2-3-4-5-6-7-8-9-10-11-12-13-14-15-16-20-23-25-21-18-17-19-22(24(21)26-23)30(27,28)29;/h17-19,23,25-26H,2-16,20H2,1H3,(H,27,28,29);/q;+1/p-1. The van der Waals surface area contributed by atoms with Crippen LogP contribution in [0.2, 0.25) is 0 Å². The Morgan fingerprint density at radius 2 is 1.26 bits per heavy atom. The van der Waals surface area contributed by atoms with Gasteiger partial charge in [0.05, 0.1) is 22.4 Å². The number of fused-ring (bicyclic) bond motifs is 1. The molecule has 1 aliphatic heterocycles. The van der Waals surface area contributed by atoms with E-state index >= 15 is 0 Å². The Labute approximate surface area is 212 Å². The molecule has 5 nitrogen and oxygen atoms in total. The third-order valence-electron chi connectivity index (χ3n) is 6.04. The van der Waals surface area contributed by atoms with Gasteiger partial charge in [-0.15, -0.1) is 0 Å². The average Bonchev–Trinajstić information content (AvgIpc) is 3.13. The van der Waals surface area contributed by atoms with Crippen molar-refractivity contribution in [2.75, 3.05) is 10.6 Å². The summed E-state index contributed by atoms with van der Waals surface area (Å²) >= 11 is 0. The summed E-state index contributed by atoms with van der Waals surface area (Å²) in [5.41, 5.74) is 1.14. The van der Waals surface area contributed by atoms with E-state index in [-0.39, 0.29) is 40.6 Å². The molecule has 2 rings (SSSR count). The minimum atomic E-state index is -4.45. The van der Waals surface area contributed by atoms with Gasteiger partial charge in [0.25, 0.3) is 0 Å². The van der Waals surface area contributed by atoms with Crippen molar-refractivity contribution in [1.29, 1.82) is 0 Å². The molecule has 0 saturated heterocycles. The monoisotopic (exact) mass is 460 g/mol. The summed E-state index contributed by atoms with van der Waals surface area (Å²) < 4.78 is 34.2. The molecule has 1 aliphatic rings. The molecule has 31 heavy (non-hydrogen) atoms. The van der Waals surface area contributed by atoms with Crippen LogP contribution in [0.4, 0.5) is 11.4 Å². The van der Waals surface area contributed by atoms with Crippen LogP contribution in [0.5, 0.6) is 0 Å². The van der Waals surface area contributed by atoms with Crippen LogP contribution in [0.3, 0.4) is 0 Å². The van der Waals surface area contributed by atoms with Gasteiger partial charge in [-0.25, -0.2) is 8.42 Å². The van der Waals surface area contributed by atoms with Gasteiger partial charge in [-0.2, -0.15) is 0 Å². The molecule has 1 aromatic carbocycles. The van der Waals surface area contributed by atoms with Crippen LogP contribution in [0, 0.1) is 0 Å². The van der Waals surface area contributed by atoms with Gasteiger partial charge in [0.1, 0.15) is 10.1 Å². The predicted octanol–water partition coefficient (Wildman–Crippen LogP) is 4.02. The van der Waals surface area contributed by atoms with Crippen molar-refractivity contribution in [3.8, 4) is 0 Å². The second-order valence-corrected chi connectivity index (χ2v) is 10.1. The molecule has 1 aromatic rings. The first-order valence-electron chi connectivity index (χ1n) is 12.1. The van der Waals surface area contributed by atoms with E-state index in [9.17, 15) is 13.0 Å². The Morgan fingerprint density at radius 3 is 1.74 bits per heavy atom. The summed E-state index contributed by atoms with van der Waals surface area (Å²) in [5, 5.41) is 6.45. The summed E-state index contributed by atoms with van der Waals surface area (Å²) in [7, 11) is -4.45. The van der Waals surface area contributed by atoms with E-state index in [1.807, 2.05) is 6.07 Å². The van der Waals surface area contributed by atoms with Crippen molar-refractivity contribution >= 4 is 21.5 Å². The number of unbranched alkanes of at least 4 members (excludes halogenated alkanes) is 14. The Kier molecular flexibility index (Phi) is 15.2. The molecule has 0 aromatic heterocycles. The van der Waals surface area contributed by atoms with Crippen LogP contribution >= 0.6 is 0 Å². The van der Waals surface area contributed by atoms with Crippen molar-refractivity contribution in [2.24, 2.45) is 0 Å². The molecule has 2 N–H and O–H groups in total. The predicted molar refractivity (Wildman–Crippen MR) is 125 cm³/mol. The van der Waals surface area contributed by atoms with E-state index in [4.69, 9.17) is 0 Å². The third kappa shape index (κ3) is 11.4. The van der Waals surface area contributed by atoms with Gasteiger partial charge in [-0.3, -0.25) is 0 Å². The molecule has 0 amide bonds. The van der Waals surface area contributed by atoms with Crippen LogP contribution in [0.1, 0.15) is 110 Å². The van der Waals surface area contributed by atoms with E-state index in [0.717, 1.165) is 12.8 Å². The largest absolute Gasteiger partial charge is 1.00 e. The SMILES string of the molecule is CCCCCCCCCCCCCCCCCC1Nc2cccc(S(=O)(=O)[O-])c2N1.[Na+]. The number of para-hydroxylation sites is 1. The fourth-order valence-electron chi connectivity index (χ4n) is 4.27. The quantitative estimate of drug-likeness (QED) is 0.208. The molecule has 0 saturated carbocycles. The summed E-state index contributed by atoms with van der Waals surface area (Å²) in [5.74, 6) is 0. The number of nitrogens with one attached hydrogen (secondary N) is 2. The molecule has 0 bridgehead atoms. The summed E-state index contributed by atoms with van der Waals surface area (Å²) in [6.07, 6.45) is 21.1. The van der Waals surface area contributed by atoms with E-state index < -0.39 is 10.1 Å². The molecule has 0 aliphatic carbocycles. The molecule has 1 unspecified atom stereocenters. The maximum atomic E-state index is 11.4. The first kappa shape index (κ1) is 28.8. The van der Waals surface area contributed by atoms with Crippen LogP contribution in [-0.2, 0) is 10.1 Å². The van der Waals surface area contributed by atoms with Gasteiger partial charge in [-0.1, -0.05) is 103 Å². The van der Waals surface area contributed by atoms with Gasteiger partial charge >= 0.3 is 29.6 Å². The zero-order valence-electron chi connectivity index (χ0n) is 19.8. The van der Waals surface area contributed by atoms with Crippen molar-refractivity contribution in [3.05, 3.63) is 18.2 Å². The minimum Gasteiger partial charge on any atom is -0.744 e. The van der Waals surface area contributed by atoms with Crippen LogP contribution in [-0.4, -0.2) is 19.1 Å². The molecule has 0 radical (unpaired) electrons. The Bertz CT molecular complexity index is 713. The van der Waals surface area contributed by atoms with Gasteiger partial charge in [0.15, 0.2) is 0 Å². The number of benzene rings is 1. The van der Waals surface area contributed by atoms with Crippen LogP contribution in [0.15, 0.2) is 23.1 Å². The molecule has 172 valence electrons. The van der Waals surface area contributed by atoms with Crippen molar-refractivity contribution < 1.29 is 42.5 Å². The normalized spacial score (nSPS) is 15.1. The fourth-order valence-corrected chi connectivity index (χ4v) is 4.93. The molecular weight excluding hydrogens is 419 g/mol. The zero-order chi connectivity index (χ0) is 21.7. The number of rotatable bonds is 17. The first-order valence-corrected chi connectivity index (χ1v) is 13.5. The second kappa shape index (κ2) is 16.4. The smallest absolute Gasteiger partial charge is 0.744 e. The van der Waals surface area contributed by atoms with Gasteiger partial charge in [0.2, 0.25) is 0 Å².